The summed E-state index contributed by atoms with van der Waals surface area (Å²) >= 11 is 3.08. The highest BCUT2D eigenvalue weighted by molar-refractivity contribution is 9.10. The van der Waals surface area contributed by atoms with Crippen LogP contribution in [-0.4, -0.2) is 23.3 Å². The van der Waals surface area contributed by atoms with Gasteiger partial charge in [0.1, 0.15) is 4.60 Å². The Hall–Kier alpha value is -2.07. The van der Waals surface area contributed by atoms with Crippen LogP contribution in [0.3, 0.4) is 0 Å². The molecular weight excluding hydrogens is 352 g/mol. The Morgan fingerprint density at radius 1 is 1.15 bits per heavy atom. The van der Waals surface area contributed by atoms with Crippen LogP contribution in [0.1, 0.15) is 0 Å². The van der Waals surface area contributed by atoms with Crippen molar-refractivity contribution in [3.8, 4) is 0 Å². The third-order valence-electron chi connectivity index (χ3n) is 2.22. The summed E-state index contributed by atoms with van der Waals surface area (Å²) in [5.74, 6) is 0.0477. The quantitative estimate of drug-likeness (QED) is 0.659. The van der Waals surface area contributed by atoms with Crippen molar-refractivity contribution in [1.29, 1.82) is 0 Å². The highest BCUT2D eigenvalue weighted by atomic mass is 79.9. The Balaban J connectivity index is 2.26. The van der Waals surface area contributed by atoms with Crippen molar-refractivity contribution in [2.75, 3.05) is 4.72 Å². The van der Waals surface area contributed by atoms with Crippen molar-refractivity contribution < 1.29 is 13.3 Å². The number of hydrogen-bond donors (Lipinski definition) is 1. The molecule has 20 heavy (non-hydrogen) atoms. The van der Waals surface area contributed by atoms with Gasteiger partial charge in [0.05, 0.1) is 22.2 Å². The van der Waals surface area contributed by atoms with E-state index in [1.165, 1.54) is 12.4 Å². The molecule has 1 aromatic heterocycles. The molecule has 0 saturated carbocycles. The summed E-state index contributed by atoms with van der Waals surface area (Å²) in [7, 11) is -3.86. The number of nitro benzene ring substituents is 1. The van der Waals surface area contributed by atoms with Gasteiger partial charge in [-0.3, -0.25) is 14.8 Å². The highest BCUT2D eigenvalue weighted by Crippen LogP contribution is 2.18. The molecule has 0 saturated heterocycles. The Morgan fingerprint density at radius 2 is 1.80 bits per heavy atom. The van der Waals surface area contributed by atoms with E-state index in [1.807, 2.05) is 0 Å². The van der Waals surface area contributed by atoms with Gasteiger partial charge >= 0.3 is 0 Å². The van der Waals surface area contributed by atoms with Gasteiger partial charge in [0.2, 0.25) is 0 Å². The monoisotopic (exact) mass is 358 g/mol. The molecule has 104 valence electrons. The van der Waals surface area contributed by atoms with Crippen molar-refractivity contribution in [1.82, 2.24) is 9.97 Å². The van der Waals surface area contributed by atoms with Gasteiger partial charge in [0.25, 0.3) is 15.7 Å². The fourth-order valence-corrected chi connectivity index (χ4v) is 2.51. The van der Waals surface area contributed by atoms with E-state index in [0.29, 0.717) is 4.60 Å². The number of nitrogens with one attached hydrogen (secondary N) is 1. The van der Waals surface area contributed by atoms with Crippen LogP contribution in [0.5, 0.6) is 0 Å². The number of aromatic nitrogens is 2. The van der Waals surface area contributed by atoms with Gasteiger partial charge in [-0.2, -0.15) is 0 Å². The maximum Gasteiger partial charge on any atom is 0.269 e. The second-order valence-electron chi connectivity index (χ2n) is 3.58. The van der Waals surface area contributed by atoms with Gasteiger partial charge in [0.15, 0.2) is 5.82 Å². The summed E-state index contributed by atoms with van der Waals surface area (Å²) in [6.45, 7) is 0. The fraction of sp³-hybridized carbons (Fsp3) is 0. The van der Waals surface area contributed by atoms with Gasteiger partial charge in [-0.05, 0) is 28.1 Å². The fourth-order valence-electron chi connectivity index (χ4n) is 1.31. The Bertz CT molecular complexity index is 731. The smallest absolute Gasteiger partial charge is 0.262 e. The molecule has 1 aromatic carbocycles. The highest BCUT2D eigenvalue weighted by Gasteiger charge is 2.16. The third-order valence-corrected chi connectivity index (χ3v) is 4.00. The average molecular weight is 359 g/mol. The van der Waals surface area contributed by atoms with Crippen LogP contribution in [0, 0.1) is 10.1 Å². The van der Waals surface area contributed by atoms with Crippen LogP contribution in [0.4, 0.5) is 11.5 Å². The van der Waals surface area contributed by atoms with Crippen molar-refractivity contribution in [2.24, 2.45) is 0 Å². The molecule has 10 heteroatoms. The number of hydrogen-bond acceptors (Lipinski definition) is 6. The van der Waals surface area contributed by atoms with Gasteiger partial charge in [-0.1, -0.05) is 0 Å². The SMILES string of the molecule is O=[N+]([O-])c1ccc(S(=O)(=O)Nc2cnc(Br)cn2)cc1. The molecule has 0 unspecified atom stereocenters. The topological polar surface area (TPSA) is 115 Å². The van der Waals surface area contributed by atoms with Gasteiger partial charge in [0, 0.05) is 12.1 Å². The lowest BCUT2D eigenvalue weighted by atomic mass is 10.3. The zero-order valence-corrected chi connectivity index (χ0v) is 12.1. The van der Waals surface area contributed by atoms with E-state index in [0.717, 1.165) is 24.3 Å². The summed E-state index contributed by atoms with van der Waals surface area (Å²) in [5, 5.41) is 10.5. The number of halogens is 1. The summed E-state index contributed by atoms with van der Waals surface area (Å²) in [5.41, 5.74) is -0.188. The summed E-state index contributed by atoms with van der Waals surface area (Å²) in [6.07, 6.45) is 2.58. The lowest BCUT2D eigenvalue weighted by molar-refractivity contribution is -0.384. The predicted molar refractivity (Wildman–Crippen MR) is 73.6 cm³/mol. The maximum atomic E-state index is 12.0. The van der Waals surface area contributed by atoms with E-state index in [-0.39, 0.29) is 16.4 Å². The van der Waals surface area contributed by atoms with Crippen LogP contribution in [0.2, 0.25) is 0 Å². The first-order valence-electron chi connectivity index (χ1n) is 5.13. The molecule has 0 aliphatic heterocycles. The number of sulfonamides is 1. The standard InChI is InChI=1S/C10H7BrN4O4S/c11-9-5-13-10(6-12-9)14-20(18,19)8-3-1-7(2-4-8)15(16)17/h1-6H,(H,13,14). The molecule has 8 nitrogen and oxygen atoms in total. The number of nitrogens with zero attached hydrogens (tertiary/aromatic N) is 3. The number of non-ortho nitro benzene ring substituents is 1. The van der Waals surface area contributed by atoms with Crippen LogP contribution in [-0.2, 0) is 10.0 Å². The second kappa shape index (κ2) is 5.51. The van der Waals surface area contributed by atoms with E-state index >= 15 is 0 Å². The third kappa shape index (κ3) is 3.27. The van der Waals surface area contributed by atoms with E-state index in [9.17, 15) is 18.5 Å². The molecule has 2 rings (SSSR count). The van der Waals surface area contributed by atoms with Crippen LogP contribution in [0.25, 0.3) is 0 Å². The van der Waals surface area contributed by atoms with Crippen molar-refractivity contribution in [2.45, 2.75) is 4.90 Å². The zero-order valence-electron chi connectivity index (χ0n) is 9.72. The average Bonchev–Trinajstić information content (AvgIpc) is 2.41. The van der Waals surface area contributed by atoms with Crippen molar-refractivity contribution >= 4 is 37.5 Å². The largest absolute Gasteiger partial charge is 0.269 e. The second-order valence-corrected chi connectivity index (χ2v) is 6.08. The van der Waals surface area contributed by atoms with Crippen LogP contribution < -0.4 is 4.72 Å². The molecule has 0 bridgehead atoms. The molecule has 1 N–H and O–H groups in total. The Kier molecular flexibility index (Phi) is 3.95. The van der Waals surface area contributed by atoms with Gasteiger partial charge < -0.3 is 0 Å². The van der Waals surface area contributed by atoms with Crippen molar-refractivity contribution in [3.05, 3.63) is 51.4 Å². The van der Waals surface area contributed by atoms with E-state index in [4.69, 9.17) is 0 Å². The van der Waals surface area contributed by atoms with E-state index in [1.54, 1.807) is 0 Å². The normalized spacial score (nSPS) is 11.1. The molecule has 0 amide bonds. The van der Waals surface area contributed by atoms with E-state index < -0.39 is 14.9 Å². The lowest BCUT2D eigenvalue weighted by Gasteiger charge is -2.06. The summed E-state index contributed by atoms with van der Waals surface area (Å²) < 4.78 is 26.7. The first kappa shape index (κ1) is 14.3. The maximum absolute atomic E-state index is 12.0. The van der Waals surface area contributed by atoms with Crippen LogP contribution >= 0.6 is 15.9 Å². The zero-order chi connectivity index (χ0) is 14.8. The number of anilines is 1. The van der Waals surface area contributed by atoms with Crippen molar-refractivity contribution in [3.63, 3.8) is 0 Å². The minimum absolute atomic E-state index is 0.0477. The predicted octanol–water partition coefficient (Wildman–Crippen LogP) is 1.95. The van der Waals surface area contributed by atoms with E-state index in [2.05, 4.69) is 30.6 Å². The van der Waals surface area contributed by atoms with Gasteiger partial charge in [-0.15, -0.1) is 0 Å². The first-order chi connectivity index (χ1) is 9.38. The molecule has 0 aliphatic rings. The van der Waals surface area contributed by atoms with Crippen LogP contribution in [0.15, 0.2) is 46.2 Å². The minimum Gasteiger partial charge on any atom is -0.262 e. The first-order valence-corrected chi connectivity index (χ1v) is 7.41. The lowest BCUT2D eigenvalue weighted by Crippen LogP contribution is -2.14. The molecule has 0 atom stereocenters. The molecule has 1 heterocycles. The molecule has 0 aliphatic carbocycles. The molecular formula is C10H7BrN4O4S. The number of benzene rings is 1. The summed E-state index contributed by atoms with van der Waals surface area (Å²) in [4.78, 5) is 17.5. The minimum atomic E-state index is -3.86. The molecule has 0 radical (unpaired) electrons. The Morgan fingerprint density at radius 3 is 2.30 bits per heavy atom. The number of nitro groups is 1. The Labute approximate surface area is 122 Å². The summed E-state index contributed by atoms with van der Waals surface area (Å²) in [6, 6.07) is 4.52. The number of rotatable bonds is 4. The molecule has 2 aromatic rings. The molecule has 0 spiro atoms. The molecule has 0 fully saturated rings. The van der Waals surface area contributed by atoms with Gasteiger partial charge in [-0.25, -0.2) is 18.4 Å².